The highest BCUT2D eigenvalue weighted by Gasteiger charge is 2.24. The minimum Gasteiger partial charge on any atom is -0.497 e. The Balaban J connectivity index is 2.05. The van der Waals surface area contributed by atoms with Crippen LogP contribution in [0.1, 0.15) is 16.8 Å². The molecule has 5 nitrogen and oxygen atoms in total. The third kappa shape index (κ3) is 3.45. The van der Waals surface area contributed by atoms with Crippen LogP contribution in [0.15, 0.2) is 24.3 Å². The highest BCUT2D eigenvalue weighted by atomic mass is 16.5. The van der Waals surface area contributed by atoms with Crippen molar-refractivity contribution in [1.82, 2.24) is 4.90 Å². The number of ether oxygens (including phenoxy) is 2. The molecular formula is C14H20N2O3. The molecular weight excluding hydrogens is 244 g/mol. The fraction of sp³-hybridized carbons (Fsp3) is 0.500. The Morgan fingerprint density at radius 1 is 1.58 bits per heavy atom. The first-order chi connectivity index (χ1) is 9.24. The third-order valence-electron chi connectivity index (χ3n) is 3.23. The highest BCUT2D eigenvalue weighted by Crippen LogP contribution is 2.16. The molecule has 1 atom stereocenters. The third-order valence-corrected chi connectivity index (χ3v) is 3.23. The number of hydrogen-bond acceptors (Lipinski definition) is 4. The summed E-state index contributed by atoms with van der Waals surface area (Å²) in [4.78, 5) is 14.2. The van der Waals surface area contributed by atoms with Gasteiger partial charge in [0, 0.05) is 18.7 Å². The maximum atomic E-state index is 12.4. The number of morpholine rings is 1. The zero-order valence-electron chi connectivity index (χ0n) is 11.2. The molecule has 1 aromatic rings. The van der Waals surface area contributed by atoms with Gasteiger partial charge in [-0.2, -0.15) is 0 Å². The predicted octanol–water partition coefficient (Wildman–Crippen LogP) is 0.885. The van der Waals surface area contributed by atoms with Crippen molar-refractivity contribution in [3.05, 3.63) is 29.8 Å². The number of benzene rings is 1. The van der Waals surface area contributed by atoms with Gasteiger partial charge in [-0.05, 0) is 31.2 Å². The molecule has 1 unspecified atom stereocenters. The van der Waals surface area contributed by atoms with Crippen LogP contribution in [-0.2, 0) is 4.74 Å². The van der Waals surface area contributed by atoms with E-state index in [0.717, 1.165) is 6.42 Å². The van der Waals surface area contributed by atoms with Crippen LogP contribution >= 0.6 is 0 Å². The van der Waals surface area contributed by atoms with Crippen molar-refractivity contribution in [2.75, 3.05) is 33.4 Å². The summed E-state index contributed by atoms with van der Waals surface area (Å²) in [7, 11) is 1.59. The number of carbonyl (C=O) groups excluding carboxylic acids is 1. The average Bonchev–Trinajstić information content (AvgIpc) is 2.47. The first kappa shape index (κ1) is 13.8. The van der Waals surface area contributed by atoms with Crippen LogP contribution < -0.4 is 10.5 Å². The first-order valence-electron chi connectivity index (χ1n) is 6.49. The molecule has 1 aliphatic heterocycles. The largest absolute Gasteiger partial charge is 0.497 e. The quantitative estimate of drug-likeness (QED) is 0.877. The molecule has 1 fully saturated rings. The van der Waals surface area contributed by atoms with Gasteiger partial charge in [-0.25, -0.2) is 0 Å². The van der Waals surface area contributed by atoms with Crippen LogP contribution in [0.2, 0.25) is 0 Å². The summed E-state index contributed by atoms with van der Waals surface area (Å²) < 4.78 is 10.7. The molecule has 1 saturated heterocycles. The lowest BCUT2D eigenvalue weighted by Crippen LogP contribution is -2.46. The molecule has 0 radical (unpaired) electrons. The summed E-state index contributed by atoms with van der Waals surface area (Å²) in [5.74, 6) is 0.710. The second kappa shape index (κ2) is 6.54. The molecule has 0 aromatic heterocycles. The highest BCUT2D eigenvalue weighted by molar-refractivity contribution is 5.94. The fourth-order valence-electron chi connectivity index (χ4n) is 2.20. The van der Waals surface area contributed by atoms with Crippen molar-refractivity contribution in [1.29, 1.82) is 0 Å². The Morgan fingerprint density at radius 2 is 2.42 bits per heavy atom. The summed E-state index contributed by atoms with van der Waals surface area (Å²) in [5.41, 5.74) is 6.18. The molecule has 1 heterocycles. The van der Waals surface area contributed by atoms with Gasteiger partial charge in [0.05, 0.1) is 19.8 Å². The molecule has 104 valence electrons. The van der Waals surface area contributed by atoms with Gasteiger partial charge in [0.25, 0.3) is 5.91 Å². The number of nitrogens with two attached hydrogens (primary N) is 1. The van der Waals surface area contributed by atoms with Crippen molar-refractivity contribution < 1.29 is 14.3 Å². The van der Waals surface area contributed by atoms with E-state index in [2.05, 4.69) is 0 Å². The topological polar surface area (TPSA) is 64.8 Å². The van der Waals surface area contributed by atoms with Crippen LogP contribution in [0.25, 0.3) is 0 Å². The van der Waals surface area contributed by atoms with Crippen LogP contribution in [0, 0.1) is 0 Å². The lowest BCUT2D eigenvalue weighted by molar-refractivity contribution is -0.0236. The van der Waals surface area contributed by atoms with Gasteiger partial charge in [0.1, 0.15) is 5.75 Å². The van der Waals surface area contributed by atoms with E-state index < -0.39 is 0 Å². The van der Waals surface area contributed by atoms with Crippen LogP contribution in [0.5, 0.6) is 5.75 Å². The number of hydrogen-bond donors (Lipinski definition) is 1. The Hall–Kier alpha value is -1.59. The van der Waals surface area contributed by atoms with E-state index in [9.17, 15) is 4.79 Å². The number of methoxy groups -OCH3 is 1. The molecule has 0 aliphatic carbocycles. The van der Waals surface area contributed by atoms with Crippen LogP contribution in [0.3, 0.4) is 0 Å². The zero-order valence-corrected chi connectivity index (χ0v) is 11.2. The zero-order chi connectivity index (χ0) is 13.7. The lowest BCUT2D eigenvalue weighted by atomic mass is 10.1. The summed E-state index contributed by atoms with van der Waals surface area (Å²) in [6.07, 6.45) is 0.829. The van der Waals surface area contributed by atoms with Crippen molar-refractivity contribution in [2.45, 2.75) is 12.5 Å². The van der Waals surface area contributed by atoms with E-state index in [0.29, 0.717) is 37.6 Å². The number of rotatable bonds is 4. The summed E-state index contributed by atoms with van der Waals surface area (Å²) in [6, 6.07) is 7.21. The average molecular weight is 264 g/mol. The molecule has 0 bridgehead atoms. The molecule has 0 saturated carbocycles. The van der Waals surface area contributed by atoms with Crippen LogP contribution in [0.4, 0.5) is 0 Å². The normalized spacial score (nSPS) is 19.3. The minimum absolute atomic E-state index is 0.0178. The standard InChI is InChI=1S/C14H20N2O3/c1-18-12-4-2-3-11(9-12)14(17)16-7-8-19-13(10-16)5-6-15/h2-4,9,13H,5-8,10,15H2,1H3. The van der Waals surface area contributed by atoms with Crippen LogP contribution in [-0.4, -0.2) is 50.3 Å². The van der Waals surface area contributed by atoms with E-state index in [1.807, 2.05) is 17.0 Å². The number of amides is 1. The SMILES string of the molecule is COc1cccc(C(=O)N2CCOC(CCN)C2)c1. The summed E-state index contributed by atoms with van der Waals surface area (Å²) >= 11 is 0. The van der Waals surface area contributed by atoms with Crippen molar-refractivity contribution in [2.24, 2.45) is 5.73 Å². The second-order valence-corrected chi connectivity index (χ2v) is 4.55. The maximum Gasteiger partial charge on any atom is 0.254 e. The van der Waals surface area contributed by atoms with Gasteiger partial charge in [-0.3, -0.25) is 4.79 Å². The van der Waals surface area contributed by atoms with Gasteiger partial charge in [0.15, 0.2) is 0 Å². The maximum absolute atomic E-state index is 12.4. The van der Waals surface area contributed by atoms with Gasteiger partial charge in [0.2, 0.25) is 0 Å². The Morgan fingerprint density at radius 3 is 3.16 bits per heavy atom. The van der Waals surface area contributed by atoms with Crippen molar-refractivity contribution in [3.63, 3.8) is 0 Å². The van der Waals surface area contributed by atoms with E-state index in [4.69, 9.17) is 15.2 Å². The fourth-order valence-corrected chi connectivity index (χ4v) is 2.20. The van der Waals surface area contributed by atoms with Gasteiger partial charge in [-0.15, -0.1) is 0 Å². The molecule has 0 spiro atoms. The molecule has 1 aromatic carbocycles. The Labute approximate surface area is 113 Å². The molecule has 19 heavy (non-hydrogen) atoms. The van der Waals surface area contributed by atoms with E-state index in [-0.39, 0.29) is 12.0 Å². The molecule has 1 aliphatic rings. The van der Waals surface area contributed by atoms with Gasteiger partial charge < -0.3 is 20.1 Å². The summed E-state index contributed by atoms with van der Waals surface area (Å²) in [6.45, 7) is 2.37. The number of carbonyl (C=O) groups is 1. The van der Waals surface area contributed by atoms with Crippen molar-refractivity contribution in [3.8, 4) is 5.75 Å². The lowest BCUT2D eigenvalue weighted by Gasteiger charge is -2.33. The number of nitrogens with zero attached hydrogens (tertiary/aromatic N) is 1. The van der Waals surface area contributed by atoms with Gasteiger partial charge in [-0.1, -0.05) is 6.07 Å². The molecule has 5 heteroatoms. The molecule has 2 rings (SSSR count). The first-order valence-corrected chi connectivity index (χ1v) is 6.49. The Bertz CT molecular complexity index is 434. The molecule has 2 N–H and O–H groups in total. The van der Waals surface area contributed by atoms with E-state index in [1.54, 1.807) is 19.2 Å². The minimum atomic E-state index is 0.0178. The molecule has 1 amide bonds. The Kier molecular flexibility index (Phi) is 4.76. The summed E-state index contributed by atoms with van der Waals surface area (Å²) in [5, 5.41) is 0. The van der Waals surface area contributed by atoms with Gasteiger partial charge >= 0.3 is 0 Å². The predicted molar refractivity (Wildman–Crippen MR) is 72.3 cm³/mol. The van der Waals surface area contributed by atoms with Crippen molar-refractivity contribution >= 4 is 5.91 Å². The second-order valence-electron chi connectivity index (χ2n) is 4.55. The smallest absolute Gasteiger partial charge is 0.254 e. The monoisotopic (exact) mass is 264 g/mol. The van der Waals surface area contributed by atoms with E-state index in [1.165, 1.54) is 0 Å². The van der Waals surface area contributed by atoms with E-state index >= 15 is 0 Å².